The van der Waals surface area contributed by atoms with Crippen molar-refractivity contribution in [1.29, 1.82) is 0 Å². The molecular formula is C24H40IN5. The van der Waals surface area contributed by atoms with E-state index < -0.39 is 0 Å². The summed E-state index contributed by atoms with van der Waals surface area (Å²) in [5.74, 6) is 1.10. The molecule has 1 aromatic rings. The number of unbranched alkanes of at least 4 members (excludes halogenated alkanes) is 1. The van der Waals surface area contributed by atoms with Crippen LogP contribution in [0.15, 0.2) is 40.9 Å². The topological polar surface area (TPSA) is 34.1 Å². The van der Waals surface area contributed by atoms with Crippen molar-refractivity contribution in [3.8, 4) is 0 Å². The van der Waals surface area contributed by atoms with Crippen LogP contribution in [0.4, 0.5) is 0 Å². The van der Waals surface area contributed by atoms with E-state index in [1.54, 1.807) is 5.57 Å². The predicted octanol–water partition coefficient (Wildman–Crippen LogP) is 3.78. The van der Waals surface area contributed by atoms with E-state index in [9.17, 15) is 0 Å². The molecule has 0 bridgehead atoms. The highest BCUT2D eigenvalue weighted by Crippen LogP contribution is 2.19. The van der Waals surface area contributed by atoms with Crippen molar-refractivity contribution in [3.63, 3.8) is 0 Å². The summed E-state index contributed by atoms with van der Waals surface area (Å²) in [6.45, 7) is 12.2. The molecule has 0 saturated carbocycles. The Morgan fingerprint density at radius 2 is 1.70 bits per heavy atom. The lowest BCUT2D eigenvalue weighted by Gasteiger charge is -2.32. The van der Waals surface area contributed by atoms with E-state index in [0.717, 1.165) is 45.0 Å². The first-order valence-corrected chi connectivity index (χ1v) is 11.4. The third-order valence-electron chi connectivity index (χ3n) is 5.95. The molecule has 2 saturated heterocycles. The van der Waals surface area contributed by atoms with Crippen LogP contribution in [0, 0.1) is 0 Å². The van der Waals surface area contributed by atoms with Gasteiger partial charge in [-0.05, 0) is 51.8 Å². The number of guanidine groups is 1. The highest BCUT2D eigenvalue weighted by Gasteiger charge is 2.17. The first-order chi connectivity index (χ1) is 14.2. The minimum atomic E-state index is 0. The molecule has 0 amide bonds. The second kappa shape index (κ2) is 14.0. The molecule has 3 rings (SSSR count). The summed E-state index contributed by atoms with van der Waals surface area (Å²) in [4.78, 5) is 12.4. The van der Waals surface area contributed by atoms with Crippen molar-refractivity contribution in [3.05, 3.63) is 41.5 Å². The summed E-state index contributed by atoms with van der Waals surface area (Å²) in [5.41, 5.74) is 2.87. The average molecular weight is 526 g/mol. The van der Waals surface area contributed by atoms with Crippen molar-refractivity contribution in [2.24, 2.45) is 4.99 Å². The van der Waals surface area contributed by atoms with Crippen molar-refractivity contribution >= 4 is 36.0 Å². The summed E-state index contributed by atoms with van der Waals surface area (Å²) in [6, 6.07) is 10.7. The number of rotatable bonds is 7. The zero-order valence-corrected chi connectivity index (χ0v) is 21.2. The van der Waals surface area contributed by atoms with Gasteiger partial charge in [-0.2, -0.15) is 0 Å². The highest BCUT2D eigenvalue weighted by molar-refractivity contribution is 14.0. The van der Waals surface area contributed by atoms with Gasteiger partial charge in [-0.3, -0.25) is 4.99 Å². The van der Waals surface area contributed by atoms with Crippen LogP contribution in [-0.2, 0) is 0 Å². The minimum absolute atomic E-state index is 0. The smallest absolute Gasteiger partial charge is 0.193 e. The zero-order chi connectivity index (χ0) is 20.3. The number of hydrogen-bond donors (Lipinski definition) is 1. The molecule has 0 aliphatic carbocycles. The van der Waals surface area contributed by atoms with Crippen LogP contribution in [0.25, 0.3) is 6.08 Å². The van der Waals surface area contributed by atoms with Gasteiger partial charge in [0.1, 0.15) is 0 Å². The Kier molecular flexibility index (Phi) is 11.8. The monoisotopic (exact) mass is 525 g/mol. The molecule has 0 aromatic heterocycles. The van der Waals surface area contributed by atoms with Crippen LogP contribution < -0.4 is 5.32 Å². The van der Waals surface area contributed by atoms with Crippen LogP contribution in [0.2, 0.25) is 0 Å². The summed E-state index contributed by atoms with van der Waals surface area (Å²) < 4.78 is 0. The molecule has 0 unspecified atom stereocenters. The molecule has 0 spiro atoms. The molecule has 2 heterocycles. The Morgan fingerprint density at radius 1 is 1.00 bits per heavy atom. The van der Waals surface area contributed by atoms with Gasteiger partial charge in [0.2, 0.25) is 0 Å². The van der Waals surface area contributed by atoms with Gasteiger partial charge in [0.25, 0.3) is 0 Å². The summed E-state index contributed by atoms with van der Waals surface area (Å²) in [7, 11) is 2.22. The number of piperidine rings is 1. The second-order valence-electron chi connectivity index (χ2n) is 8.29. The Balaban J connectivity index is 0.00000320. The number of aliphatic imine (C=N–C) groups is 1. The van der Waals surface area contributed by atoms with Crippen molar-refractivity contribution < 1.29 is 0 Å². The number of likely N-dealkylation sites (tertiary alicyclic amines) is 1. The molecule has 30 heavy (non-hydrogen) atoms. The van der Waals surface area contributed by atoms with Gasteiger partial charge < -0.3 is 20.0 Å². The van der Waals surface area contributed by atoms with Crippen LogP contribution >= 0.6 is 24.0 Å². The van der Waals surface area contributed by atoms with Gasteiger partial charge in [0.15, 0.2) is 5.96 Å². The van der Waals surface area contributed by atoms with Gasteiger partial charge in [-0.25, -0.2) is 0 Å². The van der Waals surface area contributed by atoms with Crippen LogP contribution in [0.1, 0.15) is 38.2 Å². The predicted molar refractivity (Wildman–Crippen MR) is 140 cm³/mol. The summed E-state index contributed by atoms with van der Waals surface area (Å²) in [5, 5.41) is 3.50. The average Bonchev–Trinajstić information content (AvgIpc) is 2.75. The van der Waals surface area contributed by atoms with Crippen molar-refractivity contribution in [2.75, 3.05) is 66.0 Å². The van der Waals surface area contributed by atoms with Crippen LogP contribution in [-0.4, -0.2) is 86.6 Å². The van der Waals surface area contributed by atoms with Gasteiger partial charge in [-0.15, -0.1) is 24.0 Å². The molecule has 168 valence electrons. The van der Waals surface area contributed by atoms with Gasteiger partial charge in [0, 0.05) is 52.4 Å². The molecule has 5 nitrogen and oxygen atoms in total. The Morgan fingerprint density at radius 3 is 2.37 bits per heavy atom. The van der Waals surface area contributed by atoms with E-state index in [1.807, 2.05) is 0 Å². The molecular weight excluding hydrogens is 485 g/mol. The number of hydrogen-bond acceptors (Lipinski definition) is 3. The zero-order valence-electron chi connectivity index (χ0n) is 18.9. The van der Waals surface area contributed by atoms with E-state index in [-0.39, 0.29) is 24.0 Å². The maximum Gasteiger partial charge on any atom is 0.193 e. The molecule has 2 fully saturated rings. The number of likely N-dealkylation sites (N-methyl/N-ethyl adjacent to an activating group) is 1. The number of piperazine rings is 1. The van der Waals surface area contributed by atoms with E-state index in [2.05, 4.69) is 70.4 Å². The Hall–Kier alpha value is -1.12. The van der Waals surface area contributed by atoms with Crippen molar-refractivity contribution in [2.45, 2.75) is 32.6 Å². The second-order valence-corrected chi connectivity index (χ2v) is 8.29. The maximum absolute atomic E-state index is 4.93. The van der Waals surface area contributed by atoms with E-state index >= 15 is 0 Å². The lowest BCUT2D eigenvalue weighted by Crippen LogP contribution is -2.45. The number of nitrogens with zero attached hydrogens (tertiary/aromatic N) is 4. The number of halogens is 1. The standard InChI is InChI=1S/C24H39N5.HI/c1-3-25-24(26-13-7-8-14-28-19-17-27(2)18-20-28)29-15-11-23(12-16-29)21-22-9-5-4-6-10-22;/h4-6,9-10,21H,3,7-8,11-20H2,1-2H3,(H,25,26);1H. The van der Waals surface area contributed by atoms with Crippen LogP contribution in [0.5, 0.6) is 0 Å². The number of benzene rings is 1. The highest BCUT2D eigenvalue weighted by atomic mass is 127. The quantitative estimate of drug-likeness (QED) is 0.255. The van der Waals surface area contributed by atoms with Gasteiger partial charge in [0.05, 0.1) is 0 Å². The Labute approximate surface area is 200 Å². The third-order valence-corrected chi connectivity index (χ3v) is 5.95. The van der Waals surface area contributed by atoms with E-state index in [4.69, 9.17) is 4.99 Å². The van der Waals surface area contributed by atoms with E-state index in [0.29, 0.717) is 0 Å². The molecule has 2 aliphatic heterocycles. The molecule has 0 radical (unpaired) electrons. The molecule has 6 heteroatoms. The largest absolute Gasteiger partial charge is 0.357 e. The lowest BCUT2D eigenvalue weighted by molar-refractivity contribution is 0.152. The summed E-state index contributed by atoms with van der Waals surface area (Å²) in [6.07, 6.45) is 7.04. The molecule has 1 N–H and O–H groups in total. The molecule has 0 atom stereocenters. The van der Waals surface area contributed by atoms with Gasteiger partial charge >= 0.3 is 0 Å². The fourth-order valence-electron chi connectivity index (χ4n) is 4.06. The van der Waals surface area contributed by atoms with Crippen LogP contribution in [0.3, 0.4) is 0 Å². The first kappa shape index (κ1) is 25.1. The fraction of sp³-hybridized carbons (Fsp3) is 0.625. The SMILES string of the molecule is CCNC(=NCCCCN1CCN(C)CC1)N1CCC(=Cc2ccccc2)CC1.I. The maximum atomic E-state index is 4.93. The fourth-order valence-corrected chi connectivity index (χ4v) is 4.06. The summed E-state index contributed by atoms with van der Waals surface area (Å²) >= 11 is 0. The third kappa shape index (κ3) is 8.55. The Bertz CT molecular complexity index is 643. The number of nitrogens with one attached hydrogen (secondary N) is 1. The van der Waals surface area contributed by atoms with Gasteiger partial charge in [-0.1, -0.05) is 42.0 Å². The first-order valence-electron chi connectivity index (χ1n) is 11.4. The lowest BCUT2D eigenvalue weighted by atomic mass is 10.0. The van der Waals surface area contributed by atoms with Crippen molar-refractivity contribution in [1.82, 2.24) is 20.0 Å². The minimum Gasteiger partial charge on any atom is -0.357 e. The van der Waals surface area contributed by atoms with E-state index in [1.165, 1.54) is 51.1 Å². The molecule has 2 aliphatic rings. The molecule has 1 aromatic carbocycles. The normalized spacial score (nSPS) is 18.8.